The molecule has 192 valence electrons. The Hall–Kier alpha value is 0.177. The van der Waals surface area contributed by atoms with Gasteiger partial charge in [-0.25, -0.2) is 0 Å². The normalized spacial score (nSPS) is 23.3. The molecular weight excluding hydrogens is 404 g/mol. The van der Waals surface area contributed by atoms with E-state index in [0.717, 1.165) is 5.54 Å². The third kappa shape index (κ3) is 8.75. The van der Waals surface area contributed by atoms with Crippen molar-refractivity contribution in [3.8, 4) is 0 Å². The zero-order chi connectivity index (χ0) is 24.3. The number of rotatable bonds is 17. The van der Waals surface area contributed by atoms with Crippen LogP contribution in [0.15, 0.2) is 0 Å². The van der Waals surface area contributed by atoms with Crippen LogP contribution in [-0.4, -0.2) is 13.9 Å². The minimum Gasteiger partial charge on any atom is -0.412 e. The molecule has 1 aliphatic heterocycles. The molecule has 2 heteroatoms. The van der Waals surface area contributed by atoms with E-state index in [1.807, 2.05) is 0 Å². The van der Waals surface area contributed by atoms with E-state index in [-0.39, 0.29) is 11.0 Å². The van der Waals surface area contributed by atoms with Gasteiger partial charge in [0.25, 0.3) is 0 Å². The van der Waals surface area contributed by atoms with E-state index in [0.29, 0.717) is 5.41 Å². The standard InChI is InChI=1S/C30H62OSi/c1-10-11-12-13-14-15-16-17-18-19-20-21-22-23-24-25-26-27-28(2,3)29(4,5)30(6,7)31-32(27,8)9/h27H,10-26H2,1-9H3. The fraction of sp³-hybridized carbons (Fsp3) is 1.00. The zero-order valence-corrected chi connectivity index (χ0v) is 25.0. The van der Waals surface area contributed by atoms with Crippen LogP contribution < -0.4 is 0 Å². The minimum absolute atomic E-state index is 0.0304. The third-order valence-corrected chi connectivity index (χ3v) is 13.4. The molecule has 1 heterocycles. The first-order valence-corrected chi connectivity index (χ1v) is 17.6. The Morgan fingerprint density at radius 2 is 0.906 bits per heavy atom. The van der Waals surface area contributed by atoms with Crippen molar-refractivity contribution in [2.45, 2.75) is 182 Å². The first kappa shape index (κ1) is 30.2. The van der Waals surface area contributed by atoms with Gasteiger partial charge in [-0.3, -0.25) is 0 Å². The molecule has 1 fully saturated rings. The Morgan fingerprint density at radius 1 is 0.562 bits per heavy atom. The van der Waals surface area contributed by atoms with Gasteiger partial charge in [-0.1, -0.05) is 144 Å². The van der Waals surface area contributed by atoms with Gasteiger partial charge in [0.1, 0.15) is 0 Å². The van der Waals surface area contributed by atoms with Crippen molar-refractivity contribution >= 4 is 8.32 Å². The van der Waals surface area contributed by atoms with Crippen LogP contribution in [-0.2, 0) is 4.43 Å². The van der Waals surface area contributed by atoms with Crippen LogP contribution >= 0.6 is 0 Å². The fourth-order valence-corrected chi connectivity index (χ4v) is 11.3. The molecular formula is C30H62OSi. The molecule has 0 aromatic carbocycles. The van der Waals surface area contributed by atoms with Crippen LogP contribution in [0.1, 0.15) is 158 Å². The van der Waals surface area contributed by atoms with Crippen LogP contribution in [0.3, 0.4) is 0 Å². The third-order valence-electron chi connectivity index (χ3n) is 9.69. The summed E-state index contributed by atoms with van der Waals surface area (Å²) in [6.45, 7) is 21.9. The summed E-state index contributed by atoms with van der Waals surface area (Å²) in [5, 5.41) is 0. The maximum absolute atomic E-state index is 6.84. The van der Waals surface area contributed by atoms with Crippen LogP contribution in [0.5, 0.6) is 0 Å². The summed E-state index contributed by atoms with van der Waals surface area (Å²) in [4.78, 5) is 0. The van der Waals surface area contributed by atoms with Crippen LogP contribution in [0.25, 0.3) is 0 Å². The highest BCUT2D eigenvalue weighted by atomic mass is 28.4. The topological polar surface area (TPSA) is 9.23 Å². The van der Waals surface area contributed by atoms with E-state index in [4.69, 9.17) is 4.43 Å². The van der Waals surface area contributed by atoms with Gasteiger partial charge in [-0.2, -0.15) is 0 Å². The van der Waals surface area contributed by atoms with Crippen molar-refractivity contribution in [3.63, 3.8) is 0 Å². The van der Waals surface area contributed by atoms with Crippen LogP contribution in [0.2, 0.25) is 18.6 Å². The fourth-order valence-electron chi connectivity index (χ4n) is 6.54. The second-order valence-electron chi connectivity index (χ2n) is 13.2. The Labute approximate surface area is 205 Å². The SMILES string of the molecule is CCCCCCCCCCCCCCCCCCC1C(C)(C)C(C)(C)C(C)(C)O[Si]1(C)C. The molecule has 1 aliphatic rings. The van der Waals surface area contributed by atoms with Gasteiger partial charge in [0.2, 0.25) is 0 Å². The smallest absolute Gasteiger partial charge is 0.191 e. The van der Waals surface area contributed by atoms with Crippen LogP contribution in [0, 0.1) is 10.8 Å². The summed E-state index contributed by atoms with van der Waals surface area (Å²) < 4.78 is 6.84. The molecule has 0 bridgehead atoms. The summed E-state index contributed by atoms with van der Waals surface area (Å²) >= 11 is 0. The first-order valence-electron chi connectivity index (χ1n) is 14.6. The highest BCUT2D eigenvalue weighted by Gasteiger charge is 2.62. The van der Waals surface area contributed by atoms with Gasteiger partial charge in [-0.05, 0) is 43.3 Å². The molecule has 0 amide bonds. The van der Waals surface area contributed by atoms with E-state index in [1.165, 1.54) is 109 Å². The van der Waals surface area contributed by atoms with Crippen LogP contribution in [0.4, 0.5) is 0 Å². The zero-order valence-electron chi connectivity index (χ0n) is 24.0. The molecule has 0 aliphatic carbocycles. The predicted octanol–water partition coefficient (Wildman–Crippen LogP) is 11.1. The lowest BCUT2D eigenvalue weighted by Gasteiger charge is -2.64. The van der Waals surface area contributed by atoms with E-state index in [2.05, 4.69) is 61.6 Å². The Balaban J connectivity index is 2.11. The van der Waals surface area contributed by atoms with Crippen molar-refractivity contribution in [2.24, 2.45) is 10.8 Å². The molecule has 1 atom stereocenters. The first-order chi connectivity index (χ1) is 14.9. The van der Waals surface area contributed by atoms with Crippen molar-refractivity contribution in [1.82, 2.24) is 0 Å². The van der Waals surface area contributed by atoms with E-state index < -0.39 is 8.32 Å². The number of hydrogen-bond acceptors (Lipinski definition) is 1. The van der Waals surface area contributed by atoms with Crippen molar-refractivity contribution in [1.29, 1.82) is 0 Å². The van der Waals surface area contributed by atoms with Crippen molar-refractivity contribution in [3.05, 3.63) is 0 Å². The number of unbranched alkanes of at least 4 members (excludes halogenated alkanes) is 15. The van der Waals surface area contributed by atoms with Gasteiger partial charge in [0, 0.05) is 0 Å². The second kappa shape index (κ2) is 13.9. The highest BCUT2D eigenvalue weighted by molar-refractivity contribution is 6.73. The van der Waals surface area contributed by atoms with Gasteiger partial charge < -0.3 is 4.43 Å². The number of hydrogen-bond donors (Lipinski definition) is 0. The summed E-state index contributed by atoms with van der Waals surface area (Å²) in [6, 6.07) is 0. The molecule has 1 nitrogen and oxygen atoms in total. The minimum atomic E-state index is -1.69. The summed E-state index contributed by atoms with van der Waals surface area (Å²) in [5.74, 6) is 0. The van der Waals surface area contributed by atoms with E-state index in [1.54, 1.807) is 0 Å². The van der Waals surface area contributed by atoms with Gasteiger partial charge in [-0.15, -0.1) is 0 Å². The maximum Gasteiger partial charge on any atom is 0.191 e. The molecule has 0 saturated carbocycles. The second-order valence-corrected chi connectivity index (χ2v) is 17.3. The van der Waals surface area contributed by atoms with E-state index >= 15 is 0 Å². The predicted molar refractivity (Wildman–Crippen MR) is 148 cm³/mol. The van der Waals surface area contributed by atoms with Crippen molar-refractivity contribution in [2.75, 3.05) is 0 Å². The van der Waals surface area contributed by atoms with Gasteiger partial charge >= 0.3 is 0 Å². The molecule has 32 heavy (non-hydrogen) atoms. The van der Waals surface area contributed by atoms with Gasteiger partial charge in [0.05, 0.1) is 5.60 Å². The van der Waals surface area contributed by atoms with E-state index in [9.17, 15) is 0 Å². The molecule has 1 unspecified atom stereocenters. The molecule has 1 rings (SSSR count). The molecule has 0 aromatic heterocycles. The molecule has 0 spiro atoms. The quantitative estimate of drug-likeness (QED) is 0.153. The molecule has 1 saturated heterocycles. The largest absolute Gasteiger partial charge is 0.412 e. The Kier molecular flexibility index (Phi) is 13.1. The summed E-state index contributed by atoms with van der Waals surface area (Å²) in [7, 11) is -1.69. The lowest BCUT2D eigenvalue weighted by Crippen LogP contribution is -2.65. The molecule has 0 aromatic rings. The monoisotopic (exact) mass is 466 g/mol. The summed E-state index contributed by atoms with van der Waals surface area (Å²) in [6.07, 6.45) is 24.5. The highest BCUT2D eigenvalue weighted by Crippen LogP contribution is 2.63. The lowest BCUT2D eigenvalue weighted by atomic mass is 9.57. The molecule has 0 N–H and O–H groups in total. The average molecular weight is 467 g/mol. The van der Waals surface area contributed by atoms with Crippen molar-refractivity contribution < 1.29 is 4.43 Å². The average Bonchev–Trinajstić information content (AvgIpc) is 2.68. The van der Waals surface area contributed by atoms with Gasteiger partial charge in [0.15, 0.2) is 8.32 Å². The lowest BCUT2D eigenvalue weighted by molar-refractivity contribution is -0.124. The Bertz CT molecular complexity index is 491. The Morgan fingerprint density at radius 3 is 1.28 bits per heavy atom. The maximum atomic E-state index is 6.84. The molecule has 0 radical (unpaired) electrons. The summed E-state index contributed by atoms with van der Waals surface area (Å²) in [5.41, 5.74) is 1.25.